The molecule has 39 heavy (non-hydrogen) atoms. The van der Waals surface area contributed by atoms with Gasteiger partial charge in [-0.25, -0.2) is 9.97 Å². The molecule has 0 atom stereocenters. The summed E-state index contributed by atoms with van der Waals surface area (Å²) in [4.78, 5) is 22.1. The van der Waals surface area contributed by atoms with Gasteiger partial charge in [0.05, 0.1) is 16.7 Å². The molecule has 6 heteroatoms. The number of fused-ring (bicyclic) bond motifs is 3. The van der Waals surface area contributed by atoms with Gasteiger partial charge in [-0.1, -0.05) is 115 Å². The first kappa shape index (κ1) is 24.3. The van der Waals surface area contributed by atoms with Crippen molar-refractivity contribution in [1.29, 1.82) is 0 Å². The molecular weight excluding hydrogens is 502 g/mol. The second kappa shape index (κ2) is 11.2. The van der Waals surface area contributed by atoms with E-state index in [0.29, 0.717) is 11.6 Å². The monoisotopic (exact) mass is 523 g/mol. The molecule has 4 aromatic carbocycles. The maximum atomic E-state index is 5.99. The molecule has 3 heterocycles. The maximum Gasteiger partial charge on any atom is 0.226 e. The minimum Gasteiger partial charge on any atom is -0.254 e. The van der Waals surface area contributed by atoms with E-state index in [1.54, 1.807) is 0 Å². The quantitative estimate of drug-likeness (QED) is 0.218. The Morgan fingerprint density at radius 1 is 0.410 bits per heavy atom. The van der Waals surface area contributed by atoms with Crippen LogP contribution in [0.5, 0.6) is 0 Å². The van der Waals surface area contributed by atoms with Crippen LogP contribution in [0.4, 0.5) is 0 Å². The Bertz CT molecular complexity index is 1800. The molecule has 7 aromatic rings. The van der Waals surface area contributed by atoms with Crippen molar-refractivity contribution in [3.63, 3.8) is 0 Å². The fourth-order valence-corrected chi connectivity index (χ4v) is 4.44. The van der Waals surface area contributed by atoms with Crippen molar-refractivity contribution in [1.82, 2.24) is 24.9 Å². The third-order valence-electron chi connectivity index (χ3n) is 6.17. The van der Waals surface area contributed by atoms with Crippen LogP contribution in [0.15, 0.2) is 134 Å². The van der Waals surface area contributed by atoms with Crippen LogP contribution in [0.2, 0.25) is 5.28 Å². The van der Waals surface area contributed by atoms with Crippen molar-refractivity contribution in [3.05, 3.63) is 139 Å². The molecule has 7 rings (SSSR count). The van der Waals surface area contributed by atoms with Crippen molar-refractivity contribution >= 4 is 33.4 Å². The molecule has 186 valence electrons. The molecule has 0 N–H and O–H groups in total. The van der Waals surface area contributed by atoms with E-state index in [-0.39, 0.29) is 5.28 Å². The second-order valence-corrected chi connectivity index (χ2v) is 9.10. The highest BCUT2D eigenvalue weighted by molar-refractivity contribution is 6.28. The van der Waals surface area contributed by atoms with Crippen LogP contribution in [-0.4, -0.2) is 24.9 Å². The number of hydrogen-bond acceptors (Lipinski definition) is 5. The summed E-state index contributed by atoms with van der Waals surface area (Å²) in [7, 11) is 0. The summed E-state index contributed by atoms with van der Waals surface area (Å²) in [6, 6.07) is 42.0. The van der Waals surface area contributed by atoms with Gasteiger partial charge in [0.15, 0.2) is 11.6 Å². The maximum absolute atomic E-state index is 5.99. The number of aromatic nitrogens is 5. The van der Waals surface area contributed by atoms with E-state index >= 15 is 0 Å². The molecule has 0 unspecified atom stereocenters. The molecule has 0 amide bonds. The van der Waals surface area contributed by atoms with E-state index < -0.39 is 0 Å². The van der Waals surface area contributed by atoms with E-state index in [2.05, 4.69) is 62.4 Å². The van der Waals surface area contributed by atoms with Gasteiger partial charge in [-0.15, -0.1) is 0 Å². The summed E-state index contributed by atoms with van der Waals surface area (Å²) in [6.07, 6.45) is 1.82. The molecule has 0 aliphatic carbocycles. The van der Waals surface area contributed by atoms with Crippen LogP contribution in [-0.2, 0) is 0 Å². The zero-order valence-electron chi connectivity index (χ0n) is 20.8. The lowest BCUT2D eigenvalue weighted by molar-refractivity contribution is 1.07. The minimum absolute atomic E-state index is 0.202. The van der Waals surface area contributed by atoms with Crippen LogP contribution in [0.3, 0.4) is 0 Å². The largest absolute Gasteiger partial charge is 0.254 e. The summed E-state index contributed by atoms with van der Waals surface area (Å²) >= 11 is 5.99. The Hall–Kier alpha value is -5.00. The number of halogens is 1. The standard InChI is InChI=1S/C18H12N2.C15H10ClN3/c1-2-5-13(6-3-1)16-11-10-15-9-8-14-7-4-12-19-17(14)18(15)20-16;16-15-18-13(11-7-3-1-4-8-11)17-14(19-15)12-9-5-2-6-10-12/h1-12H;1-10H. The zero-order chi connectivity index (χ0) is 26.4. The summed E-state index contributed by atoms with van der Waals surface area (Å²) < 4.78 is 0. The first-order valence-electron chi connectivity index (χ1n) is 12.5. The van der Waals surface area contributed by atoms with Gasteiger partial charge in [-0.05, 0) is 23.7 Å². The Labute approximate surface area is 230 Å². The van der Waals surface area contributed by atoms with Gasteiger partial charge in [0, 0.05) is 33.7 Å². The molecule has 0 bridgehead atoms. The van der Waals surface area contributed by atoms with Gasteiger partial charge in [0.25, 0.3) is 0 Å². The Morgan fingerprint density at radius 3 is 1.51 bits per heavy atom. The van der Waals surface area contributed by atoms with Crippen molar-refractivity contribution in [2.24, 2.45) is 0 Å². The average Bonchev–Trinajstić information content (AvgIpc) is 3.02. The third kappa shape index (κ3) is 5.49. The lowest BCUT2D eigenvalue weighted by Crippen LogP contribution is -1.96. The average molecular weight is 524 g/mol. The summed E-state index contributed by atoms with van der Waals surface area (Å²) in [5.41, 5.74) is 5.87. The van der Waals surface area contributed by atoms with Crippen LogP contribution in [0.25, 0.3) is 55.8 Å². The van der Waals surface area contributed by atoms with Gasteiger partial charge in [-0.2, -0.15) is 9.97 Å². The highest BCUT2D eigenvalue weighted by atomic mass is 35.5. The van der Waals surface area contributed by atoms with Crippen molar-refractivity contribution < 1.29 is 0 Å². The second-order valence-electron chi connectivity index (χ2n) is 8.76. The predicted octanol–water partition coefficient (Wildman–Crippen LogP) is 8.31. The number of rotatable bonds is 3. The fourth-order valence-electron chi connectivity index (χ4n) is 4.28. The first-order chi connectivity index (χ1) is 19.2. The SMILES string of the molecule is Clc1nc(-c2ccccc2)nc(-c2ccccc2)n1.c1ccc(-c2ccc3ccc4cccnc4c3n2)cc1. The number of pyridine rings is 2. The lowest BCUT2D eigenvalue weighted by Gasteiger charge is -2.05. The van der Waals surface area contributed by atoms with Gasteiger partial charge in [0.1, 0.15) is 0 Å². The van der Waals surface area contributed by atoms with Crippen LogP contribution in [0.1, 0.15) is 0 Å². The molecule has 0 aliphatic rings. The van der Waals surface area contributed by atoms with E-state index in [1.165, 1.54) is 0 Å². The first-order valence-corrected chi connectivity index (χ1v) is 12.8. The highest BCUT2D eigenvalue weighted by Gasteiger charge is 2.08. The molecule has 3 aromatic heterocycles. The molecule has 0 radical (unpaired) electrons. The molecule has 0 aliphatic heterocycles. The third-order valence-corrected chi connectivity index (χ3v) is 6.34. The van der Waals surface area contributed by atoms with Crippen molar-refractivity contribution in [2.75, 3.05) is 0 Å². The Morgan fingerprint density at radius 2 is 0.923 bits per heavy atom. The lowest BCUT2D eigenvalue weighted by atomic mass is 10.1. The highest BCUT2D eigenvalue weighted by Crippen LogP contribution is 2.26. The van der Waals surface area contributed by atoms with Crippen LogP contribution in [0, 0.1) is 0 Å². The number of nitrogens with zero attached hydrogens (tertiary/aromatic N) is 5. The predicted molar refractivity (Wildman–Crippen MR) is 158 cm³/mol. The van der Waals surface area contributed by atoms with Gasteiger partial charge in [-0.3, -0.25) is 4.98 Å². The molecule has 5 nitrogen and oxygen atoms in total. The minimum atomic E-state index is 0.202. The fraction of sp³-hybridized carbons (Fsp3) is 0. The summed E-state index contributed by atoms with van der Waals surface area (Å²) in [6.45, 7) is 0. The van der Waals surface area contributed by atoms with E-state index in [9.17, 15) is 0 Å². The van der Waals surface area contributed by atoms with Crippen LogP contribution < -0.4 is 0 Å². The van der Waals surface area contributed by atoms with Gasteiger partial charge in [0.2, 0.25) is 5.28 Å². The molecule has 0 saturated carbocycles. The molecular formula is C33H22ClN5. The summed E-state index contributed by atoms with van der Waals surface area (Å²) in [5.74, 6) is 1.17. The summed E-state index contributed by atoms with van der Waals surface area (Å²) in [5, 5.41) is 2.45. The smallest absolute Gasteiger partial charge is 0.226 e. The van der Waals surface area contributed by atoms with E-state index in [0.717, 1.165) is 44.2 Å². The van der Waals surface area contributed by atoms with Gasteiger partial charge < -0.3 is 0 Å². The Balaban J connectivity index is 0.000000142. The normalized spacial score (nSPS) is 10.7. The number of hydrogen-bond donors (Lipinski definition) is 0. The zero-order valence-corrected chi connectivity index (χ0v) is 21.6. The topological polar surface area (TPSA) is 64.5 Å². The molecule has 0 fully saturated rings. The Kier molecular flexibility index (Phi) is 6.97. The van der Waals surface area contributed by atoms with E-state index in [1.807, 2.05) is 91.1 Å². The molecule has 0 spiro atoms. The van der Waals surface area contributed by atoms with Crippen molar-refractivity contribution in [2.45, 2.75) is 0 Å². The van der Waals surface area contributed by atoms with Crippen LogP contribution >= 0.6 is 11.6 Å². The van der Waals surface area contributed by atoms with Crippen molar-refractivity contribution in [3.8, 4) is 34.0 Å². The van der Waals surface area contributed by atoms with Gasteiger partial charge >= 0.3 is 0 Å². The van der Waals surface area contributed by atoms with E-state index in [4.69, 9.17) is 16.6 Å². The number of benzene rings is 4. The molecule has 0 saturated heterocycles.